The molecule has 0 aromatic heterocycles. The lowest BCUT2D eigenvalue weighted by molar-refractivity contribution is 0.110. The molecule has 0 bridgehead atoms. The number of hydrogen-bond donors (Lipinski definition) is 0. The van der Waals surface area contributed by atoms with Gasteiger partial charge < -0.3 is 4.74 Å². The molecule has 0 aliphatic heterocycles. The molecule has 42 valence electrons. The second kappa shape index (κ2) is 6.08. The summed E-state index contributed by atoms with van der Waals surface area (Å²) < 4.78 is 9.08. The highest BCUT2D eigenvalue weighted by atomic mass is 35.5. The third kappa shape index (κ3) is 6.08. The summed E-state index contributed by atoms with van der Waals surface area (Å²) in [7, 11) is 3.13. The summed E-state index contributed by atoms with van der Waals surface area (Å²) >= 11 is 5.14. The van der Waals surface area contributed by atoms with Crippen LogP contribution in [0, 0.1) is 7.11 Å². The van der Waals surface area contributed by atoms with E-state index in [1.807, 2.05) is 0 Å². The normalized spacial score (nSPS) is 9.29. The van der Waals surface area contributed by atoms with E-state index in [1.54, 1.807) is 0 Å². The molecule has 0 saturated carbocycles. The van der Waals surface area contributed by atoms with Gasteiger partial charge in [0.05, 0.1) is 6.61 Å². The van der Waals surface area contributed by atoms with E-state index in [1.165, 1.54) is 0 Å². The van der Waals surface area contributed by atoms with Crippen LogP contribution in [-0.4, -0.2) is 19.3 Å². The van der Waals surface area contributed by atoms with Crippen molar-refractivity contribution in [3.63, 3.8) is 0 Å². The van der Waals surface area contributed by atoms with Crippen LogP contribution >= 0.6 is 11.6 Å². The topological polar surface area (TPSA) is 18.5 Å². The van der Waals surface area contributed by atoms with Crippen molar-refractivity contribution in [3.8, 4) is 0 Å². The Labute approximate surface area is 48.4 Å². The maximum absolute atomic E-state index is 5.14. The summed E-state index contributed by atoms with van der Waals surface area (Å²) in [6.07, 6.45) is 0. The van der Waals surface area contributed by atoms with Gasteiger partial charge in [0.1, 0.15) is 12.7 Å². The van der Waals surface area contributed by atoms with Gasteiger partial charge in [-0.1, -0.05) is 11.6 Å². The molecule has 0 aromatic carbocycles. The van der Waals surface area contributed by atoms with E-state index in [0.717, 1.165) is 0 Å². The molecule has 0 atom stereocenters. The molecule has 0 saturated heterocycles. The molecule has 0 aromatic rings. The lowest BCUT2D eigenvalue weighted by atomic mass is 10.8. The van der Waals surface area contributed by atoms with Crippen molar-refractivity contribution in [2.75, 3.05) is 19.3 Å². The van der Waals surface area contributed by atoms with Crippen LogP contribution in [-0.2, 0) is 9.47 Å². The van der Waals surface area contributed by atoms with E-state index >= 15 is 0 Å². The first-order chi connectivity index (χ1) is 3.41. The van der Waals surface area contributed by atoms with E-state index in [4.69, 9.17) is 11.6 Å². The number of ether oxygens (including phenoxy) is 2. The Hall–Kier alpha value is 0.0800. The molecule has 0 spiro atoms. The Bertz CT molecular complexity index is 28.9. The maximum atomic E-state index is 5.14. The molecule has 2 nitrogen and oxygen atoms in total. The van der Waals surface area contributed by atoms with Crippen molar-refractivity contribution < 1.29 is 9.47 Å². The van der Waals surface area contributed by atoms with Gasteiger partial charge in [-0.25, -0.2) is 0 Å². The summed E-state index contributed by atoms with van der Waals surface area (Å²) in [5.74, 6) is 0. The molecule has 0 fully saturated rings. The average molecular weight is 124 g/mol. The van der Waals surface area contributed by atoms with Crippen molar-refractivity contribution in [3.05, 3.63) is 7.11 Å². The summed E-state index contributed by atoms with van der Waals surface area (Å²) in [5, 5.41) is 0. The Morgan fingerprint density at radius 3 is 2.57 bits per heavy atom. The van der Waals surface area contributed by atoms with Gasteiger partial charge in [-0.2, -0.15) is 4.74 Å². The molecular formula is C4H8ClO2+. The van der Waals surface area contributed by atoms with Gasteiger partial charge in [0.15, 0.2) is 0 Å². The van der Waals surface area contributed by atoms with E-state index in [-0.39, 0.29) is 6.07 Å². The smallest absolute Gasteiger partial charge is 0.213 e. The van der Waals surface area contributed by atoms with E-state index < -0.39 is 0 Å². The van der Waals surface area contributed by atoms with Crippen LogP contribution in [0.3, 0.4) is 0 Å². The number of hydrogen-bond acceptors (Lipinski definition) is 2. The van der Waals surface area contributed by atoms with Gasteiger partial charge in [-0.05, 0) is 0 Å². The van der Waals surface area contributed by atoms with Gasteiger partial charge in [-0.15, -0.1) is 0 Å². The largest absolute Gasteiger partial charge is 0.363 e. The maximum Gasteiger partial charge on any atom is 0.213 e. The van der Waals surface area contributed by atoms with Gasteiger partial charge in [0.2, 0.25) is 7.11 Å². The van der Waals surface area contributed by atoms with Gasteiger partial charge in [-0.3, -0.25) is 0 Å². The van der Waals surface area contributed by atoms with E-state index in [9.17, 15) is 0 Å². The van der Waals surface area contributed by atoms with Crippen LogP contribution < -0.4 is 0 Å². The van der Waals surface area contributed by atoms with Gasteiger partial charge >= 0.3 is 0 Å². The first kappa shape index (κ1) is 7.08. The average Bonchev–Trinajstić information content (AvgIpc) is 1.69. The number of halogens is 1. The van der Waals surface area contributed by atoms with Crippen LogP contribution in [0.1, 0.15) is 0 Å². The summed E-state index contributed by atoms with van der Waals surface area (Å²) in [4.78, 5) is 0. The monoisotopic (exact) mass is 123 g/mol. The number of rotatable bonds is 4. The zero-order chi connectivity index (χ0) is 5.54. The van der Waals surface area contributed by atoms with Crippen LogP contribution in [0.4, 0.5) is 0 Å². The standard InChI is InChI=1S/C4H8ClO2/c1-6-2-3-7-4-5/h1-4H2/q+1. The Balaban J connectivity index is 2.45. The minimum Gasteiger partial charge on any atom is -0.363 e. The zero-order valence-corrected chi connectivity index (χ0v) is 4.78. The molecule has 0 aliphatic rings. The molecule has 0 amide bonds. The third-order valence-electron chi connectivity index (χ3n) is 0.449. The van der Waals surface area contributed by atoms with Crippen LogP contribution in [0.15, 0.2) is 0 Å². The van der Waals surface area contributed by atoms with Crippen molar-refractivity contribution in [1.29, 1.82) is 0 Å². The molecule has 0 radical (unpaired) electrons. The van der Waals surface area contributed by atoms with Crippen molar-refractivity contribution in [2.45, 2.75) is 0 Å². The lowest BCUT2D eigenvalue weighted by Crippen LogP contribution is -1.98. The SMILES string of the molecule is [CH2+]OCCOCCl. The second-order valence-electron chi connectivity index (χ2n) is 0.926. The highest BCUT2D eigenvalue weighted by Gasteiger charge is 1.83. The summed E-state index contributed by atoms with van der Waals surface area (Å²) in [6, 6.07) is 0.226. The molecule has 7 heavy (non-hydrogen) atoms. The fourth-order valence-corrected chi connectivity index (χ4v) is 0.282. The molecule has 0 heterocycles. The third-order valence-corrected chi connectivity index (χ3v) is 0.603. The quantitative estimate of drug-likeness (QED) is 0.316. The van der Waals surface area contributed by atoms with Crippen LogP contribution in [0.2, 0.25) is 0 Å². The molecular weight excluding hydrogens is 115 g/mol. The van der Waals surface area contributed by atoms with E-state index in [2.05, 4.69) is 16.6 Å². The lowest BCUT2D eigenvalue weighted by Gasteiger charge is -1.90. The predicted octanol–water partition coefficient (Wildman–Crippen LogP) is 1.01. The van der Waals surface area contributed by atoms with Gasteiger partial charge in [0, 0.05) is 0 Å². The first-order valence-corrected chi connectivity index (χ1v) is 2.46. The fourth-order valence-electron chi connectivity index (χ4n) is 0.172. The highest BCUT2D eigenvalue weighted by Crippen LogP contribution is 1.78. The van der Waals surface area contributed by atoms with Crippen molar-refractivity contribution in [2.24, 2.45) is 0 Å². The Morgan fingerprint density at radius 1 is 1.43 bits per heavy atom. The Morgan fingerprint density at radius 2 is 2.14 bits per heavy atom. The highest BCUT2D eigenvalue weighted by molar-refractivity contribution is 6.17. The van der Waals surface area contributed by atoms with Crippen molar-refractivity contribution >= 4 is 11.6 Å². The second-order valence-corrected chi connectivity index (χ2v) is 1.14. The predicted molar refractivity (Wildman–Crippen MR) is 28.0 cm³/mol. The van der Waals surface area contributed by atoms with Crippen LogP contribution in [0.5, 0.6) is 0 Å². The molecule has 0 N–H and O–H groups in total. The zero-order valence-electron chi connectivity index (χ0n) is 4.02. The van der Waals surface area contributed by atoms with E-state index in [0.29, 0.717) is 13.2 Å². The fraction of sp³-hybridized carbons (Fsp3) is 0.750. The van der Waals surface area contributed by atoms with Crippen molar-refractivity contribution in [1.82, 2.24) is 0 Å². The van der Waals surface area contributed by atoms with Crippen LogP contribution in [0.25, 0.3) is 0 Å². The summed E-state index contributed by atoms with van der Waals surface area (Å²) in [6.45, 7) is 1.03. The molecule has 0 unspecified atom stereocenters. The Kier molecular flexibility index (Phi) is 6.15. The van der Waals surface area contributed by atoms with Gasteiger partial charge in [0.25, 0.3) is 0 Å². The summed E-state index contributed by atoms with van der Waals surface area (Å²) in [5.41, 5.74) is 0. The molecule has 0 rings (SSSR count). The number of alkyl halides is 1. The molecule has 3 heteroatoms. The molecule has 0 aliphatic carbocycles. The minimum atomic E-state index is 0.226. The minimum absolute atomic E-state index is 0.226. The first-order valence-electron chi connectivity index (χ1n) is 1.92.